The molecule has 3 aromatic rings. The summed E-state index contributed by atoms with van der Waals surface area (Å²) in [6.45, 7) is 2.51. The second-order valence-corrected chi connectivity index (χ2v) is 13.9. The minimum atomic E-state index is -1.21. The molecule has 278 valence electrons. The molecule has 3 aliphatic rings. The third kappa shape index (κ3) is 9.05. The third-order valence-electron chi connectivity index (χ3n) is 8.19. The number of carboxylic acid groups (broad SMARTS) is 1. The molecule has 13 nitrogen and oxygen atoms in total. The second kappa shape index (κ2) is 17.3. The predicted molar refractivity (Wildman–Crippen MR) is 188 cm³/mol. The lowest BCUT2D eigenvalue weighted by atomic mass is 10.2. The van der Waals surface area contributed by atoms with Gasteiger partial charge in [-0.1, -0.05) is 23.5 Å². The summed E-state index contributed by atoms with van der Waals surface area (Å²) in [7, 11) is 0. The molecule has 2 saturated heterocycles. The van der Waals surface area contributed by atoms with Crippen LogP contribution in [-0.2, 0) is 28.6 Å². The Morgan fingerprint density at radius 2 is 1.17 bits per heavy atom. The fourth-order valence-corrected chi connectivity index (χ4v) is 7.51. The average Bonchev–Trinajstić information content (AvgIpc) is 3.40. The molecule has 3 aliphatic heterocycles. The lowest BCUT2D eigenvalue weighted by Gasteiger charge is -2.26. The van der Waals surface area contributed by atoms with Gasteiger partial charge in [-0.05, 0) is 48.5 Å². The zero-order chi connectivity index (χ0) is 37.5. The molecule has 17 heteroatoms. The number of hydrogen-bond acceptors (Lipinski definition) is 11. The molecule has 0 spiro atoms. The summed E-state index contributed by atoms with van der Waals surface area (Å²) in [5.74, 6) is -6.08. The monoisotopic (exact) mass is 769 g/mol. The van der Waals surface area contributed by atoms with E-state index in [2.05, 4.69) is 0 Å². The van der Waals surface area contributed by atoms with Crippen LogP contribution in [0.25, 0.3) is 0 Å². The fourth-order valence-electron chi connectivity index (χ4n) is 5.52. The van der Waals surface area contributed by atoms with Crippen LogP contribution in [0.5, 0.6) is 5.75 Å². The van der Waals surface area contributed by atoms with Gasteiger partial charge in [-0.2, -0.15) is 0 Å². The third-order valence-corrected chi connectivity index (χ3v) is 10.5. The topological polar surface area (TPSA) is 152 Å². The summed E-state index contributed by atoms with van der Waals surface area (Å²) in [4.78, 5) is 69.3. The van der Waals surface area contributed by atoms with Crippen LogP contribution in [-0.4, -0.2) is 117 Å². The lowest BCUT2D eigenvalue weighted by Crippen LogP contribution is -2.40. The highest BCUT2D eigenvalue weighted by Gasteiger charge is 2.42. The van der Waals surface area contributed by atoms with E-state index < -0.39 is 47.5 Å². The molecule has 0 aliphatic carbocycles. The van der Waals surface area contributed by atoms with Gasteiger partial charge in [0.2, 0.25) is 0 Å². The molecule has 0 aromatic heterocycles. The molecule has 53 heavy (non-hydrogen) atoms. The van der Waals surface area contributed by atoms with Crippen LogP contribution in [0.4, 0.5) is 14.5 Å². The summed E-state index contributed by atoms with van der Waals surface area (Å²) < 4.78 is 51.4. The van der Waals surface area contributed by atoms with E-state index in [0.29, 0.717) is 90.6 Å². The van der Waals surface area contributed by atoms with E-state index in [4.69, 9.17) is 24.1 Å². The van der Waals surface area contributed by atoms with Gasteiger partial charge in [-0.25, -0.2) is 18.5 Å². The number of carboxylic acids is 1. The molecule has 1 N–H and O–H groups in total. The van der Waals surface area contributed by atoms with Crippen molar-refractivity contribution in [1.82, 2.24) is 9.80 Å². The first-order chi connectivity index (χ1) is 25.6. The van der Waals surface area contributed by atoms with Crippen LogP contribution in [0, 0.1) is 11.6 Å². The number of rotatable bonds is 13. The molecule has 3 heterocycles. The number of hydrogen-bond donors (Lipinski definition) is 1. The first-order valence-corrected chi connectivity index (χ1v) is 18.1. The summed E-state index contributed by atoms with van der Waals surface area (Å²) >= 11 is 1.87. The number of nitrogens with zero attached hydrogens (tertiary/aromatic N) is 3. The largest absolute Gasteiger partial charge is 0.488 e. The molecular weight excluding hydrogens is 737 g/mol. The molecule has 0 radical (unpaired) electrons. The number of thioether (sulfide) groups is 2. The lowest BCUT2D eigenvalue weighted by molar-refractivity contribution is -0.142. The number of ether oxygens (including phenoxy) is 4. The van der Waals surface area contributed by atoms with Gasteiger partial charge >= 0.3 is 5.97 Å². The Morgan fingerprint density at radius 3 is 1.62 bits per heavy atom. The molecule has 0 bridgehead atoms. The maximum Gasteiger partial charge on any atom is 0.329 e. The summed E-state index contributed by atoms with van der Waals surface area (Å²) in [5, 5.41) is 8.67. The Morgan fingerprint density at radius 1 is 0.698 bits per heavy atom. The highest BCUT2D eigenvalue weighted by Crippen LogP contribution is 2.45. The van der Waals surface area contributed by atoms with Gasteiger partial charge in [0, 0.05) is 59.2 Å². The van der Waals surface area contributed by atoms with Crippen molar-refractivity contribution >= 4 is 58.8 Å². The first kappa shape index (κ1) is 37.9. The summed E-state index contributed by atoms with van der Waals surface area (Å²) in [5.41, 5.74) is 0.212. The van der Waals surface area contributed by atoms with Crippen LogP contribution in [0.1, 0.15) is 20.7 Å². The molecule has 2 fully saturated rings. The Balaban J connectivity index is 1.25. The quantitative estimate of drug-likeness (QED) is 0.197. The van der Waals surface area contributed by atoms with E-state index in [0.717, 1.165) is 23.5 Å². The van der Waals surface area contributed by atoms with Crippen molar-refractivity contribution in [2.75, 3.05) is 77.3 Å². The van der Waals surface area contributed by atoms with Crippen molar-refractivity contribution in [3.63, 3.8) is 0 Å². The smallest absolute Gasteiger partial charge is 0.329 e. The predicted octanol–water partition coefficient (Wildman–Crippen LogP) is 4.06. The summed E-state index contributed by atoms with van der Waals surface area (Å²) in [6, 6.07) is 14.3. The molecule has 0 unspecified atom stereocenters. The molecule has 6 rings (SSSR count). The normalized spacial score (nSPS) is 16.4. The van der Waals surface area contributed by atoms with Crippen molar-refractivity contribution in [3.8, 4) is 5.75 Å². The van der Waals surface area contributed by atoms with Gasteiger partial charge in [0.15, 0.2) is 17.4 Å². The maximum atomic E-state index is 15.5. The van der Waals surface area contributed by atoms with Gasteiger partial charge in [0.1, 0.15) is 13.2 Å². The Kier molecular flexibility index (Phi) is 12.4. The number of amides is 4. The number of carbonyl (C=O) groups excluding carboxylic acids is 4. The Hall–Kier alpha value is -4.81. The first-order valence-electron chi connectivity index (χ1n) is 16.4. The van der Waals surface area contributed by atoms with Crippen molar-refractivity contribution in [2.45, 2.75) is 9.79 Å². The van der Waals surface area contributed by atoms with Crippen LogP contribution in [0.2, 0.25) is 0 Å². The summed E-state index contributed by atoms with van der Waals surface area (Å²) in [6.07, 6.45) is 0. The number of halogens is 2. The SMILES string of the molecule is O=C(O)COCCOc1cc(F)c(N2C(=O)C(Sc3ccc(C(=O)N4CCOCC4)cc3)=C(Sc3ccc(C(=O)N4CCOCC4)cc3)C2=O)cc1F. The van der Waals surface area contributed by atoms with Crippen LogP contribution >= 0.6 is 23.5 Å². The maximum absolute atomic E-state index is 15.5. The zero-order valence-corrected chi connectivity index (χ0v) is 29.7. The average molecular weight is 770 g/mol. The van der Waals surface area contributed by atoms with Crippen molar-refractivity contribution < 1.29 is 56.8 Å². The molecule has 4 amide bonds. The van der Waals surface area contributed by atoms with E-state index >= 15 is 8.78 Å². The fraction of sp³-hybridized carbons (Fsp3) is 0.306. The number of benzene rings is 3. The van der Waals surface area contributed by atoms with Crippen molar-refractivity contribution in [2.24, 2.45) is 0 Å². The van der Waals surface area contributed by atoms with E-state index in [1.54, 1.807) is 58.3 Å². The van der Waals surface area contributed by atoms with Crippen molar-refractivity contribution in [3.05, 3.63) is 93.2 Å². The van der Waals surface area contributed by atoms with E-state index in [1.165, 1.54) is 0 Å². The number of anilines is 1. The second-order valence-electron chi connectivity index (χ2n) is 11.7. The van der Waals surface area contributed by atoms with E-state index in [9.17, 15) is 24.0 Å². The van der Waals surface area contributed by atoms with Crippen molar-refractivity contribution in [1.29, 1.82) is 0 Å². The zero-order valence-electron chi connectivity index (χ0n) is 28.1. The minimum absolute atomic E-state index is 0.0589. The van der Waals surface area contributed by atoms with Gasteiger partial charge in [-0.15, -0.1) is 0 Å². The van der Waals surface area contributed by atoms with Crippen LogP contribution < -0.4 is 9.64 Å². The molecule has 3 aromatic carbocycles. The highest BCUT2D eigenvalue weighted by molar-refractivity contribution is 8.08. The van der Waals surface area contributed by atoms with Crippen LogP contribution in [0.3, 0.4) is 0 Å². The van der Waals surface area contributed by atoms with Crippen LogP contribution in [0.15, 0.2) is 80.3 Å². The Bertz CT molecular complexity index is 1820. The number of imide groups is 1. The molecular formula is C36H33F2N3O10S2. The standard InChI is InChI=1S/C36H33F2N3O10S2/c37-26-20-29(51-18-17-50-21-30(42)43)27(38)19-28(26)41-35(46)31(52-24-5-1-22(2-6-24)33(44)39-9-13-48-14-10-39)32(36(41)47)53-25-7-3-23(4-8-25)34(45)40-11-15-49-16-12-40/h1-8,19-20H,9-18,21H2,(H,42,43). The Labute approximate surface area is 310 Å². The number of morpholine rings is 2. The molecule has 0 atom stereocenters. The highest BCUT2D eigenvalue weighted by atomic mass is 32.2. The van der Waals surface area contributed by atoms with Gasteiger partial charge in [0.05, 0.1) is 48.5 Å². The van der Waals surface area contributed by atoms with Gasteiger partial charge in [0.25, 0.3) is 23.6 Å². The van der Waals surface area contributed by atoms with Gasteiger partial charge < -0.3 is 33.9 Å². The van der Waals surface area contributed by atoms with E-state index in [1.807, 2.05) is 0 Å². The number of aliphatic carboxylic acids is 1. The minimum Gasteiger partial charge on any atom is -0.488 e. The number of carbonyl (C=O) groups is 5. The van der Waals surface area contributed by atoms with Gasteiger partial charge in [-0.3, -0.25) is 19.2 Å². The van der Waals surface area contributed by atoms with E-state index in [-0.39, 0.29) is 34.8 Å². The molecule has 0 saturated carbocycles.